The molecule has 3 nitrogen and oxygen atoms in total. The summed E-state index contributed by atoms with van der Waals surface area (Å²) in [6.07, 6.45) is 3.11. The highest BCUT2D eigenvalue weighted by atomic mass is 16.5. The van der Waals surface area contributed by atoms with Crippen LogP contribution in [-0.2, 0) is 11.8 Å². The highest BCUT2D eigenvalue weighted by Crippen LogP contribution is 2.61. The summed E-state index contributed by atoms with van der Waals surface area (Å²) in [5.74, 6) is 1.84. The van der Waals surface area contributed by atoms with Gasteiger partial charge in [-0.3, -0.25) is 0 Å². The van der Waals surface area contributed by atoms with Crippen LogP contribution in [0, 0.1) is 17.3 Å². The van der Waals surface area contributed by atoms with Gasteiger partial charge in [0.15, 0.2) is 0 Å². The predicted molar refractivity (Wildman–Crippen MR) is 96.5 cm³/mol. The molecular weight excluding hydrogens is 298 g/mol. The molecule has 24 heavy (non-hydrogen) atoms. The minimum atomic E-state index is -0.255. The summed E-state index contributed by atoms with van der Waals surface area (Å²) >= 11 is 0. The van der Waals surface area contributed by atoms with E-state index in [1.165, 1.54) is 11.1 Å². The van der Waals surface area contributed by atoms with Gasteiger partial charge >= 0.3 is 0 Å². The summed E-state index contributed by atoms with van der Waals surface area (Å²) in [6.45, 7) is 7.90. The first-order chi connectivity index (χ1) is 11.3. The SMILES string of the molecule is COc1ccc2c(c1)C13CCN(C)C(C2)C1CC(C)(C)[C@@H](O)[C@@H]3C. The van der Waals surface area contributed by atoms with E-state index in [4.69, 9.17) is 4.74 Å². The number of hydrogen-bond acceptors (Lipinski definition) is 3. The van der Waals surface area contributed by atoms with Crippen molar-refractivity contribution in [1.29, 1.82) is 0 Å². The molecule has 132 valence electrons. The van der Waals surface area contributed by atoms with Crippen LogP contribution in [-0.4, -0.2) is 42.9 Å². The van der Waals surface area contributed by atoms with Crippen molar-refractivity contribution in [1.82, 2.24) is 4.90 Å². The van der Waals surface area contributed by atoms with Crippen LogP contribution in [0.25, 0.3) is 0 Å². The normalized spacial score (nSPS) is 40.6. The number of rotatable bonds is 1. The van der Waals surface area contributed by atoms with Gasteiger partial charge < -0.3 is 14.7 Å². The van der Waals surface area contributed by atoms with E-state index in [1.807, 2.05) is 0 Å². The Morgan fingerprint density at radius 3 is 2.75 bits per heavy atom. The number of ether oxygens (including phenoxy) is 1. The van der Waals surface area contributed by atoms with E-state index in [0.717, 1.165) is 31.6 Å². The van der Waals surface area contributed by atoms with Crippen molar-refractivity contribution in [3.05, 3.63) is 29.3 Å². The Bertz CT molecular complexity index is 655. The van der Waals surface area contributed by atoms with Crippen LogP contribution in [0.3, 0.4) is 0 Å². The van der Waals surface area contributed by atoms with Crippen molar-refractivity contribution in [2.45, 2.75) is 57.6 Å². The van der Waals surface area contributed by atoms with Crippen LogP contribution in [0.5, 0.6) is 5.75 Å². The fourth-order valence-electron chi connectivity index (χ4n) is 6.29. The van der Waals surface area contributed by atoms with Gasteiger partial charge in [-0.25, -0.2) is 0 Å². The molecule has 1 saturated carbocycles. The minimum Gasteiger partial charge on any atom is -0.497 e. The lowest BCUT2D eigenvalue weighted by molar-refractivity contribution is -0.137. The summed E-state index contributed by atoms with van der Waals surface area (Å²) in [4.78, 5) is 2.57. The molecule has 0 radical (unpaired) electrons. The molecule has 2 fully saturated rings. The zero-order chi connectivity index (χ0) is 17.3. The lowest BCUT2D eigenvalue weighted by Crippen LogP contribution is -2.67. The maximum Gasteiger partial charge on any atom is 0.119 e. The average Bonchev–Trinajstić information content (AvgIpc) is 2.56. The quantitative estimate of drug-likeness (QED) is 0.858. The molecule has 4 rings (SSSR count). The van der Waals surface area contributed by atoms with E-state index in [2.05, 4.69) is 50.9 Å². The molecule has 5 atom stereocenters. The van der Waals surface area contributed by atoms with Gasteiger partial charge in [0, 0.05) is 11.5 Å². The van der Waals surface area contributed by atoms with Crippen LogP contribution in [0.4, 0.5) is 0 Å². The molecule has 1 N–H and O–H groups in total. The molecule has 1 aromatic rings. The Morgan fingerprint density at radius 2 is 2.04 bits per heavy atom. The van der Waals surface area contributed by atoms with Crippen LogP contribution < -0.4 is 4.74 Å². The van der Waals surface area contributed by atoms with Gasteiger partial charge in [0.25, 0.3) is 0 Å². The van der Waals surface area contributed by atoms with Crippen LogP contribution in [0.2, 0.25) is 0 Å². The molecule has 2 bridgehead atoms. The summed E-state index contributed by atoms with van der Waals surface area (Å²) in [5.41, 5.74) is 3.00. The Labute approximate surface area is 146 Å². The number of aliphatic hydroxyl groups is 1. The molecule has 1 saturated heterocycles. The highest BCUT2D eigenvalue weighted by molar-refractivity contribution is 5.46. The molecule has 1 aliphatic heterocycles. The van der Waals surface area contributed by atoms with E-state index >= 15 is 0 Å². The Hall–Kier alpha value is -1.06. The second kappa shape index (κ2) is 5.22. The largest absolute Gasteiger partial charge is 0.497 e. The highest BCUT2D eigenvalue weighted by Gasteiger charge is 2.62. The summed E-state index contributed by atoms with van der Waals surface area (Å²) < 4.78 is 5.55. The zero-order valence-corrected chi connectivity index (χ0v) is 15.7. The van der Waals surface area contributed by atoms with Crippen molar-refractivity contribution in [3.8, 4) is 5.75 Å². The molecule has 0 amide bonds. The van der Waals surface area contributed by atoms with Gasteiger partial charge in [-0.2, -0.15) is 0 Å². The summed E-state index contributed by atoms with van der Waals surface area (Å²) in [5, 5.41) is 11.1. The first-order valence-electron chi connectivity index (χ1n) is 9.37. The number of likely N-dealkylation sites (tertiary alicyclic amines) is 1. The standard InChI is InChI=1S/C21H31NO2/c1-13-19(23)20(2,3)12-17-18-10-14-6-7-15(24-5)11-16(14)21(13,17)8-9-22(18)4/h6-7,11,13,17-19,23H,8-10,12H2,1-5H3/t13-,17?,18?,19-,21?/m0/s1. The molecule has 3 unspecified atom stereocenters. The number of likely N-dealkylation sites (N-methyl/N-ethyl adjacent to an activating group) is 1. The summed E-state index contributed by atoms with van der Waals surface area (Å²) in [7, 11) is 4.03. The van der Waals surface area contributed by atoms with Crippen molar-refractivity contribution in [2.24, 2.45) is 17.3 Å². The molecule has 2 aliphatic carbocycles. The minimum absolute atomic E-state index is 0.0135. The number of aliphatic hydroxyl groups excluding tert-OH is 1. The van der Waals surface area contributed by atoms with E-state index < -0.39 is 0 Å². The van der Waals surface area contributed by atoms with Gasteiger partial charge in [0.1, 0.15) is 5.75 Å². The maximum absolute atomic E-state index is 11.1. The zero-order valence-electron chi connectivity index (χ0n) is 15.7. The van der Waals surface area contributed by atoms with Gasteiger partial charge in [-0.05, 0) is 73.4 Å². The average molecular weight is 329 g/mol. The second-order valence-corrected chi connectivity index (χ2v) is 9.10. The molecule has 1 heterocycles. The molecule has 3 heteroatoms. The Kier molecular flexibility index (Phi) is 3.57. The number of piperidine rings is 1. The third-order valence-electron chi connectivity index (χ3n) is 7.65. The first-order valence-corrected chi connectivity index (χ1v) is 9.37. The fraction of sp³-hybridized carbons (Fsp3) is 0.714. The lowest BCUT2D eigenvalue weighted by Gasteiger charge is -2.65. The second-order valence-electron chi connectivity index (χ2n) is 9.10. The number of nitrogens with zero attached hydrogens (tertiary/aromatic N) is 1. The molecule has 3 aliphatic rings. The van der Waals surface area contributed by atoms with Crippen LogP contribution in [0.15, 0.2) is 18.2 Å². The van der Waals surface area contributed by atoms with Crippen LogP contribution in [0.1, 0.15) is 44.7 Å². The maximum atomic E-state index is 11.1. The number of hydrogen-bond donors (Lipinski definition) is 1. The number of methoxy groups -OCH3 is 1. The van der Waals surface area contributed by atoms with E-state index in [-0.39, 0.29) is 22.9 Å². The van der Waals surface area contributed by atoms with Crippen LogP contribution >= 0.6 is 0 Å². The fourth-order valence-corrected chi connectivity index (χ4v) is 6.29. The van der Waals surface area contributed by atoms with Crippen molar-refractivity contribution in [2.75, 3.05) is 20.7 Å². The lowest BCUT2D eigenvalue weighted by atomic mass is 9.44. The molecule has 0 spiro atoms. The smallest absolute Gasteiger partial charge is 0.119 e. The molecule has 0 aromatic heterocycles. The van der Waals surface area contributed by atoms with E-state index in [9.17, 15) is 5.11 Å². The molecule has 1 aromatic carbocycles. The number of fused-ring (bicyclic) bond motifs is 1. The Morgan fingerprint density at radius 1 is 1.29 bits per heavy atom. The van der Waals surface area contributed by atoms with Gasteiger partial charge in [-0.1, -0.05) is 26.8 Å². The van der Waals surface area contributed by atoms with Gasteiger partial charge in [0.05, 0.1) is 13.2 Å². The predicted octanol–water partition coefficient (Wildman–Crippen LogP) is 3.24. The van der Waals surface area contributed by atoms with E-state index in [1.54, 1.807) is 7.11 Å². The van der Waals surface area contributed by atoms with Crippen molar-refractivity contribution >= 4 is 0 Å². The monoisotopic (exact) mass is 329 g/mol. The third-order valence-corrected chi connectivity index (χ3v) is 7.65. The van der Waals surface area contributed by atoms with Crippen molar-refractivity contribution in [3.63, 3.8) is 0 Å². The van der Waals surface area contributed by atoms with E-state index in [0.29, 0.717) is 12.0 Å². The third kappa shape index (κ3) is 1.97. The topological polar surface area (TPSA) is 32.7 Å². The molecular formula is C21H31NO2. The first kappa shape index (κ1) is 16.4. The number of benzene rings is 1. The van der Waals surface area contributed by atoms with Gasteiger partial charge in [0.2, 0.25) is 0 Å². The van der Waals surface area contributed by atoms with Gasteiger partial charge in [-0.15, -0.1) is 0 Å². The van der Waals surface area contributed by atoms with Crippen molar-refractivity contribution < 1.29 is 9.84 Å². The summed E-state index contributed by atoms with van der Waals surface area (Å²) in [6, 6.07) is 7.22. The Balaban J connectivity index is 1.93.